The second-order valence-corrected chi connectivity index (χ2v) is 7.29. The topological polar surface area (TPSA) is 71.8 Å². The summed E-state index contributed by atoms with van der Waals surface area (Å²) in [4.78, 5) is 25.7. The number of amides is 1. The Morgan fingerprint density at radius 2 is 2.08 bits per heavy atom. The largest absolute Gasteiger partial charge is 0.440 e. The molecule has 2 aromatic rings. The summed E-state index contributed by atoms with van der Waals surface area (Å²) in [5.41, 5.74) is 2.98. The molecule has 2 aliphatic rings. The lowest BCUT2D eigenvalue weighted by atomic mass is 9.92. The molecular weight excluding hydrogens is 320 g/mol. The Kier molecular flexibility index (Phi) is 3.80. The minimum absolute atomic E-state index is 0.324. The molecule has 0 aliphatic carbocycles. The Morgan fingerprint density at radius 3 is 2.84 bits per heavy atom. The smallest absolute Gasteiger partial charge is 0.407 e. The zero-order valence-corrected chi connectivity index (χ0v) is 14.6. The number of piperidine rings is 1. The minimum atomic E-state index is -0.434. The molecule has 6 nitrogen and oxygen atoms in total. The maximum atomic E-state index is 12.0. The summed E-state index contributed by atoms with van der Waals surface area (Å²) in [5, 5.41) is 3.75. The van der Waals surface area contributed by atoms with E-state index in [0.717, 1.165) is 41.5 Å². The molecule has 25 heavy (non-hydrogen) atoms. The third-order valence-electron chi connectivity index (χ3n) is 5.14. The summed E-state index contributed by atoms with van der Waals surface area (Å²) in [7, 11) is 0. The van der Waals surface area contributed by atoms with E-state index in [0.29, 0.717) is 25.2 Å². The van der Waals surface area contributed by atoms with E-state index in [1.807, 2.05) is 19.9 Å². The monoisotopic (exact) mass is 342 g/mol. The molecule has 1 spiro atoms. The Morgan fingerprint density at radius 1 is 1.24 bits per heavy atom. The number of carbonyl (C=O) groups excluding carboxylic acids is 1. The lowest BCUT2D eigenvalue weighted by Crippen LogP contribution is -2.50. The molecule has 1 unspecified atom stereocenters. The molecule has 0 saturated carbocycles. The molecule has 2 aliphatic heterocycles. The van der Waals surface area contributed by atoms with Gasteiger partial charge in [-0.25, -0.2) is 9.59 Å². The number of carbonyl (C=O) groups is 1. The minimum Gasteiger partial charge on any atom is -0.440 e. The molecule has 132 valence electrons. The van der Waals surface area contributed by atoms with Crippen molar-refractivity contribution in [3.8, 4) is 0 Å². The van der Waals surface area contributed by atoms with Crippen LogP contribution in [0.15, 0.2) is 27.4 Å². The van der Waals surface area contributed by atoms with Crippen molar-refractivity contribution in [3.63, 3.8) is 0 Å². The predicted molar refractivity (Wildman–Crippen MR) is 93.7 cm³/mol. The normalized spacial score (nSPS) is 23.8. The molecule has 1 aromatic carbocycles. The van der Waals surface area contributed by atoms with E-state index in [1.54, 1.807) is 6.07 Å². The summed E-state index contributed by atoms with van der Waals surface area (Å²) >= 11 is 0. The number of hydrogen-bond acceptors (Lipinski definition) is 5. The molecule has 1 aromatic heterocycles. The third-order valence-corrected chi connectivity index (χ3v) is 5.14. The van der Waals surface area contributed by atoms with Gasteiger partial charge in [0.25, 0.3) is 0 Å². The molecule has 1 atom stereocenters. The molecule has 0 bridgehead atoms. The summed E-state index contributed by atoms with van der Waals surface area (Å²) in [6.45, 7) is 6.80. The molecule has 4 rings (SSSR count). The number of aryl methyl sites for hydroxylation is 2. The highest BCUT2D eigenvalue weighted by Gasteiger charge is 2.43. The zero-order valence-electron chi connectivity index (χ0n) is 14.6. The van der Waals surface area contributed by atoms with Crippen LogP contribution in [-0.4, -0.2) is 36.2 Å². The second kappa shape index (κ2) is 5.88. The average molecular weight is 342 g/mol. The number of benzene rings is 1. The van der Waals surface area contributed by atoms with Crippen LogP contribution in [0.3, 0.4) is 0 Å². The van der Waals surface area contributed by atoms with Gasteiger partial charge in [-0.1, -0.05) is 6.07 Å². The van der Waals surface area contributed by atoms with E-state index >= 15 is 0 Å². The number of nitrogens with one attached hydrogen (secondary N) is 1. The van der Waals surface area contributed by atoms with Crippen molar-refractivity contribution in [1.82, 2.24) is 10.2 Å². The molecule has 6 heteroatoms. The van der Waals surface area contributed by atoms with Crippen LogP contribution < -0.4 is 10.9 Å². The highest BCUT2D eigenvalue weighted by atomic mass is 16.6. The molecule has 1 amide bonds. The summed E-state index contributed by atoms with van der Waals surface area (Å²) in [5.74, 6) is 0. The summed E-state index contributed by atoms with van der Waals surface area (Å²) < 4.78 is 11.0. The van der Waals surface area contributed by atoms with E-state index in [1.165, 1.54) is 0 Å². The van der Waals surface area contributed by atoms with Gasteiger partial charge < -0.3 is 14.5 Å². The molecular formula is C19H22N2O4. The van der Waals surface area contributed by atoms with Gasteiger partial charge in [-0.2, -0.15) is 0 Å². The second-order valence-electron chi connectivity index (χ2n) is 7.29. The van der Waals surface area contributed by atoms with Crippen molar-refractivity contribution in [3.05, 3.63) is 45.3 Å². The van der Waals surface area contributed by atoms with Crippen LogP contribution in [0.25, 0.3) is 11.0 Å². The fourth-order valence-corrected chi connectivity index (χ4v) is 4.11. The average Bonchev–Trinajstić information content (AvgIpc) is 2.89. The SMILES string of the molecule is Cc1cc(C)c2oc(=O)cc(CN3CCCC4(CNC(=O)O4)C3)c2c1. The van der Waals surface area contributed by atoms with Crippen molar-refractivity contribution in [2.75, 3.05) is 19.6 Å². The Bertz CT molecular complexity index is 904. The first-order chi connectivity index (χ1) is 11.9. The van der Waals surface area contributed by atoms with Crippen molar-refractivity contribution < 1.29 is 13.9 Å². The van der Waals surface area contributed by atoms with Gasteiger partial charge in [-0.15, -0.1) is 0 Å². The van der Waals surface area contributed by atoms with Gasteiger partial charge in [0.15, 0.2) is 0 Å². The van der Waals surface area contributed by atoms with Crippen molar-refractivity contribution in [2.45, 2.75) is 38.8 Å². The van der Waals surface area contributed by atoms with Gasteiger partial charge in [-0.3, -0.25) is 4.90 Å². The van der Waals surface area contributed by atoms with E-state index in [2.05, 4.69) is 16.3 Å². The first-order valence-electron chi connectivity index (χ1n) is 8.67. The van der Waals surface area contributed by atoms with Gasteiger partial charge in [0.2, 0.25) is 0 Å². The molecule has 2 saturated heterocycles. The quantitative estimate of drug-likeness (QED) is 0.849. The Balaban J connectivity index is 1.66. The molecule has 1 N–H and O–H groups in total. The van der Waals surface area contributed by atoms with Crippen LogP contribution in [0, 0.1) is 13.8 Å². The van der Waals surface area contributed by atoms with Crippen LogP contribution in [0.4, 0.5) is 4.79 Å². The van der Waals surface area contributed by atoms with Crippen molar-refractivity contribution in [2.24, 2.45) is 0 Å². The van der Waals surface area contributed by atoms with Crippen molar-refractivity contribution in [1.29, 1.82) is 0 Å². The predicted octanol–water partition coefficient (Wildman–Crippen LogP) is 2.48. The first-order valence-corrected chi connectivity index (χ1v) is 8.67. The van der Waals surface area contributed by atoms with Gasteiger partial charge in [0.1, 0.15) is 11.2 Å². The van der Waals surface area contributed by atoms with E-state index in [9.17, 15) is 9.59 Å². The standard InChI is InChI=1S/C19H22N2O4/c1-12-6-13(2)17-15(7-12)14(8-16(22)24-17)9-21-5-3-4-19(11-21)10-20-18(23)25-19/h6-8H,3-5,9-11H2,1-2H3,(H,20,23). The highest BCUT2D eigenvalue weighted by molar-refractivity contribution is 5.83. The van der Waals surface area contributed by atoms with Crippen LogP contribution in [0.1, 0.15) is 29.5 Å². The zero-order chi connectivity index (χ0) is 17.6. The van der Waals surface area contributed by atoms with Gasteiger partial charge >= 0.3 is 11.7 Å². The number of alkyl carbamates (subject to hydrolysis) is 1. The molecule has 2 fully saturated rings. The number of likely N-dealkylation sites (tertiary alicyclic amines) is 1. The number of nitrogens with zero attached hydrogens (tertiary/aromatic N) is 1. The number of rotatable bonds is 2. The maximum Gasteiger partial charge on any atom is 0.407 e. The first kappa shape index (κ1) is 16.1. The highest BCUT2D eigenvalue weighted by Crippen LogP contribution is 2.30. The summed E-state index contributed by atoms with van der Waals surface area (Å²) in [6, 6.07) is 5.67. The fourth-order valence-electron chi connectivity index (χ4n) is 4.11. The maximum absolute atomic E-state index is 12.0. The lowest BCUT2D eigenvalue weighted by Gasteiger charge is -2.38. The van der Waals surface area contributed by atoms with Gasteiger partial charge in [0.05, 0.1) is 6.54 Å². The van der Waals surface area contributed by atoms with Crippen LogP contribution in [0.5, 0.6) is 0 Å². The van der Waals surface area contributed by atoms with Crippen LogP contribution >= 0.6 is 0 Å². The molecule has 3 heterocycles. The van der Waals surface area contributed by atoms with Gasteiger partial charge in [0, 0.05) is 24.5 Å². The van der Waals surface area contributed by atoms with Crippen LogP contribution in [-0.2, 0) is 11.3 Å². The Hall–Kier alpha value is -2.34. The van der Waals surface area contributed by atoms with E-state index in [4.69, 9.17) is 9.15 Å². The Labute approximate surface area is 145 Å². The van der Waals surface area contributed by atoms with Crippen molar-refractivity contribution >= 4 is 17.1 Å². The van der Waals surface area contributed by atoms with E-state index in [-0.39, 0.29) is 11.7 Å². The number of ether oxygens (including phenoxy) is 1. The molecule has 0 radical (unpaired) electrons. The fraction of sp³-hybridized carbons (Fsp3) is 0.474. The summed E-state index contributed by atoms with van der Waals surface area (Å²) in [6.07, 6.45) is 1.50. The lowest BCUT2D eigenvalue weighted by molar-refractivity contribution is -0.0110. The number of hydrogen-bond donors (Lipinski definition) is 1. The van der Waals surface area contributed by atoms with Crippen LogP contribution in [0.2, 0.25) is 0 Å². The van der Waals surface area contributed by atoms with E-state index < -0.39 is 5.60 Å². The number of fused-ring (bicyclic) bond motifs is 1. The third kappa shape index (κ3) is 3.02. The van der Waals surface area contributed by atoms with Gasteiger partial charge in [-0.05, 0) is 56.0 Å².